The zero-order valence-corrected chi connectivity index (χ0v) is 14.6. The maximum Gasteiger partial charge on any atom is 0.167 e. The Hall–Kier alpha value is -0.670. The van der Waals surface area contributed by atoms with E-state index in [-0.39, 0.29) is 29.1 Å². The molecule has 1 N–H and O–H groups in total. The van der Waals surface area contributed by atoms with Crippen molar-refractivity contribution in [3.05, 3.63) is 11.6 Å². The average molecular weight is 306 g/mol. The molecule has 0 radical (unpaired) electrons. The smallest absolute Gasteiger partial charge is 0.167 e. The highest BCUT2D eigenvalue weighted by Crippen LogP contribution is 2.57. The lowest BCUT2D eigenvalue weighted by Crippen LogP contribution is -2.46. The number of rotatable bonds is 1. The van der Waals surface area contributed by atoms with E-state index in [4.69, 9.17) is 4.74 Å². The predicted molar refractivity (Wildman–Crippen MR) is 86.5 cm³/mol. The summed E-state index contributed by atoms with van der Waals surface area (Å²) in [7, 11) is 0. The lowest BCUT2D eigenvalue weighted by atomic mass is 9.66. The number of epoxide rings is 1. The molecule has 1 heterocycles. The molecule has 3 rings (SSSR count). The van der Waals surface area contributed by atoms with Gasteiger partial charge in [0.15, 0.2) is 11.4 Å². The molecule has 0 amide bonds. The predicted octanol–water partition coefficient (Wildman–Crippen LogP) is 3.65. The number of carbonyl (C=O) groups is 1. The second-order valence-corrected chi connectivity index (χ2v) is 8.65. The topological polar surface area (TPSA) is 49.8 Å². The van der Waals surface area contributed by atoms with Crippen LogP contribution in [0.1, 0.15) is 66.7 Å². The molecule has 2 aliphatic carbocycles. The minimum Gasteiger partial charge on any atom is -0.389 e. The van der Waals surface area contributed by atoms with Gasteiger partial charge in [-0.25, -0.2) is 0 Å². The van der Waals surface area contributed by atoms with Crippen LogP contribution < -0.4 is 0 Å². The summed E-state index contributed by atoms with van der Waals surface area (Å²) in [5, 5.41) is 11.3. The zero-order chi connectivity index (χ0) is 16.3. The number of carbonyl (C=O) groups excluding carboxylic acids is 1. The van der Waals surface area contributed by atoms with E-state index >= 15 is 0 Å². The average Bonchev–Trinajstić information content (AvgIpc) is 3.02. The lowest BCUT2D eigenvalue weighted by Gasteiger charge is -2.41. The standard InChI is InChI=1S/C19H30O3/c1-12(2)19(21)9-8-17(4)7-6-13(3)10-16-18(5,22-16)15(20)11-14(17)19/h6,12,14,16,21H,7-11H2,1-5H3/b13-6+/t14-,16+,17+,18-,19-/m0/s1. The fourth-order valence-corrected chi connectivity index (χ4v) is 4.71. The SMILES string of the molecule is C/C1=C\C[C@]2(C)CC[C@](O)(C(C)C)[C@H]2CC(=O)[C@]2(C)O[C@@H]2C1. The molecule has 1 saturated carbocycles. The Bertz CT molecular complexity index is 523. The van der Waals surface area contributed by atoms with Gasteiger partial charge in [0.05, 0.1) is 11.7 Å². The van der Waals surface area contributed by atoms with Crippen molar-refractivity contribution in [1.29, 1.82) is 0 Å². The summed E-state index contributed by atoms with van der Waals surface area (Å²) < 4.78 is 5.76. The minimum atomic E-state index is -0.730. The van der Waals surface area contributed by atoms with Crippen molar-refractivity contribution in [2.24, 2.45) is 17.3 Å². The monoisotopic (exact) mass is 306 g/mol. The van der Waals surface area contributed by atoms with Crippen molar-refractivity contribution in [3.63, 3.8) is 0 Å². The van der Waals surface area contributed by atoms with Gasteiger partial charge in [0.1, 0.15) is 0 Å². The summed E-state index contributed by atoms with van der Waals surface area (Å²) in [6.45, 7) is 10.5. The van der Waals surface area contributed by atoms with E-state index in [2.05, 4.69) is 33.8 Å². The molecule has 1 aliphatic heterocycles. The number of aliphatic hydroxyl groups is 1. The van der Waals surface area contributed by atoms with E-state index in [1.54, 1.807) is 0 Å². The molecule has 3 aliphatic rings. The Morgan fingerprint density at radius 1 is 1.27 bits per heavy atom. The molecule has 0 spiro atoms. The van der Waals surface area contributed by atoms with Gasteiger partial charge in [-0.3, -0.25) is 4.79 Å². The van der Waals surface area contributed by atoms with Crippen LogP contribution in [0.3, 0.4) is 0 Å². The largest absolute Gasteiger partial charge is 0.389 e. The Labute approximate surface area is 134 Å². The first kappa shape index (κ1) is 16.2. The number of allylic oxidation sites excluding steroid dienone is 1. The van der Waals surface area contributed by atoms with Crippen LogP contribution in [0.2, 0.25) is 0 Å². The number of ether oxygens (including phenoxy) is 1. The van der Waals surface area contributed by atoms with Crippen molar-refractivity contribution in [2.45, 2.75) is 84.0 Å². The van der Waals surface area contributed by atoms with Crippen LogP contribution in [0.25, 0.3) is 0 Å². The second kappa shape index (κ2) is 4.91. The molecule has 0 aromatic carbocycles. The third kappa shape index (κ3) is 2.28. The van der Waals surface area contributed by atoms with E-state index in [1.807, 2.05) is 6.92 Å². The van der Waals surface area contributed by atoms with E-state index < -0.39 is 11.2 Å². The van der Waals surface area contributed by atoms with Crippen LogP contribution >= 0.6 is 0 Å². The third-order valence-electron chi connectivity index (χ3n) is 6.85. The van der Waals surface area contributed by atoms with Gasteiger partial charge in [-0.15, -0.1) is 0 Å². The Morgan fingerprint density at radius 3 is 2.59 bits per heavy atom. The van der Waals surface area contributed by atoms with E-state index in [0.29, 0.717) is 6.42 Å². The third-order valence-corrected chi connectivity index (χ3v) is 6.85. The molecule has 0 aromatic rings. The van der Waals surface area contributed by atoms with Crippen molar-refractivity contribution < 1.29 is 14.6 Å². The molecule has 3 nitrogen and oxygen atoms in total. The molecule has 124 valence electrons. The number of Topliss-reactive ketones (excluding diaryl/α,β-unsaturated/α-hetero) is 1. The maximum absolute atomic E-state index is 12.8. The van der Waals surface area contributed by atoms with E-state index in [9.17, 15) is 9.90 Å². The molecule has 22 heavy (non-hydrogen) atoms. The van der Waals surface area contributed by atoms with Crippen LogP contribution in [0.15, 0.2) is 11.6 Å². The Morgan fingerprint density at radius 2 is 1.95 bits per heavy atom. The minimum absolute atomic E-state index is 0.00796. The first-order valence-electron chi connectivity index (χ1n) is 8.71. The van der Waals surface area contributed by atoms with Gasteiger partial charge < -0.3 is 9.84 Å². The zero-order valence-electron chi connectivity index (χ0n) is 14.6. The van der Waals surface area contributed by atoms with Crippen molar-refractivity contribution in [2.75, 3.05) is 0 Å². The summed E-state index contributed by atoms with van der Waals surface area (Å²) in [5.74, 6) is 0.379. The summed E-state index contributed by atoms with van der Waals surface area (Å²) >= 11 is 0. The van der Waals surface area contributed by atoms with E-state index in [1.165, 1.54) is 5.57 Å². The van der Waals surface area contributed by atoms with Crippen LogP contribution in [-0.4, -0.2) is 28.2 Å². The molecular weight excluding hydrogens is 276 g/mol. The molecule has 2 fully saturated rings. The van der Waals surface area contributed by atoms with Crippen molar-refractivity contribution >= 4 is 5.78 Å². The highest BCUT2D eigenvalue weighted by molar-refractivity contribution is 5.90. The maximum atomic E-state index is 12.8. The van der Waals surface area contributed by atoms with Crippen LogP contribution in [-0.2, 0) is 9.53 Å². The van der Waals surface area contributed by atoms with Crippen molar-refractivity contribution in [1.82, 2.24) is 0 Å². The number of hydrogen-bond donors (Lipinski definition) is 1. The quantitative estimate of drug-likeness (QED) is 0.594. The normalized spacial score (nSPS) is 51.0. The van der Waals surface area contributed by atoms with Crippen LogP contribution in [0, 0.1) is 17.3 Å². The fraction of sp³-hybridized carbons (Fsp3) is 0.842. The Kier molecular flexibility index (Phi) is 3.62. The first-order chi connectivity index (χ1) is 10.1. The molecular formula is C19H30O3. The summed E-state index contributed by atoms with van der Waals surface area (Å²) in [6.07, 6.45) is 6.40. The highest BCUT2D eigenvalue weighted by atomic mass is 16.6. The van der Waals surface area contributed by atoms with Gasteiger partial charge >= 0.3 is 0 Å². The lowest BCUT2D eigenvalue weighted by molar-refractivity contribution is -0.130. The first-order valence-corrected chi connectivity index (χ1v) is 8.71. The molecule has 1 saturated heterocycles. The number of ketones is 1. The highest BCUT2D eigenvalue weighted by Gasteiger charge is 2.62. The Balaban J connectivity index is 1.99. The number of fused-ring (bicyclic) bond motifs is 2. The van der Waals surface area contributed by atoms with Crippen LogP contribution in [0.5, 0.6) is 0 Å². The van der Waals surface area contributed by atoms with Crippen LogP contribution in [0.4, 0.5) is 0 Å². The summed E-state index contributed by atoms with van der Waals surface area (Å²) in [6, 6.07) is 0. The van der Waals surface area contributed by atoms with Gasteiger partial charge in [-0.1, -0.05) is 32.4 Å². The van der Waals surface area contributed by atoms with Crippen molar-refractivity contribution in [3.8, 4) is 0 Å². The second-order valence-electron chi connectivity index (χ2n) is 8.65. The molecule has 5 atom stereocenters. The summed E-state index contributed by atoms with van der Waals surface area (Å²) in [5.41, 5.74) is -0.0306. The molecule has 0 aromatic heterocycles. The summed E-state index contributed by atoms with van der Waals surface area (Å²) in [4.78, 5) is 12.8. The van der Waals surface area contributed by atoms with Gasteiger partial charge in [0, 0.05) is 12.3 Å². The number of hydrogen-bond acceptors (Lipinski definition) is 3. The van der Waals surface area contributed by atoms with Gasteiger partial charge in [0.25, 0.3) is 0 Å². The van der Waals surface area contributed by atoms with Gasteiger partial charge in [-0.05, 0) is 50.9 Å². The van der Waals surface area contributed by atoms with Gasteiger partial charge in [-0.2, -0.15) is 0 Å². The fourth-order valence-electron chi connectivity index (χ4n) is 4.71. The molecule has 0 bridgehead atoms. The van der Waals surface area contributed by atoms with Gasteiger partial charge in [0.2, 0.25) is 0 Å². The molecule has 0 unspecified atom stereocenters. The molecule has 3 heteroatoms. The van der Waals surface area contributed by atoms with E-state index in [0.717, 1.165) is 25.7 Å².